The van der Waals surface area contributed by atoms with Crippen LogP contribution in [0.25, 0.3) is 0 Å². The van der Waals surface area contributed by atoms with E-state index in [-0.39, 0.29) is 5.92 Å². The lowest BCUT2D eigenvalue weighted by molar-refractivity contribution is 0.0826. The number of aryl methyl sites for hydroxylation is 2. The molecular formula is C15H24N2O. The highest BCUT2D eigenvalue weighted by Gasteiger charge is 2.31. The number of Topliss-reactive ketones (excluding diaryl/α,β-unsaturated/α-hetero) is 1. The van der Waals surface area contributed by atoms with E-state index in [4.69, 9.17) is 0 Å². The normalized spacial score (nSPS) is 28.3. The summed E-state index contributed by atoms with van der Waals surface area (Å²) in [5, 5.41) is 4.37. The average Bonchev–Trinajstić information content (AvgIpc) is 2.73. The first-order chi connectivity index (χ1) is 8.52. The largest absolute Gasteiger partial charge is 0.292 e. The van der Waals surface area contributed by atoms with E-state index in [9.17, 15) is 4.79 Å². The summed E-state index contributed by atoms with van der Waals surface area (Å²) in [4.78, 5) is 12.6. The third kappa shape index (κ3) is 2.50. The van der Waals surface area contributed by atoms with Gasteiger partial charge in [-0.2, -0.15) is 5.10 Å². The number of nitrogens with zero attached hydrogens (tertiary/aromatic N) is 2. The molecule has 1 saturated carbocycles. The predicted molar refractivity (Wildman–Crippen MR) is 72.6 cm³/mol. The van der Waals surface area contributed by atoms with Crippen LogP contribution in [0.2, 0.25) is 0 Å². The number of carbonyl (C=O) groups is 1. The summed E-state index contributed by atoms with van der Waals surface area (Å²) in [6.45, 7) is 9.33. The van der Waals surface area contributed by atoms with E-state index in [0.717, 1.165) is 36.7 Å². The Bertz CT molecular complexity index is 436. The van der Waals surface area contributed by atoms with Gasteiger partial charge in [-0.3, -0.25) is 9.48 Å². The molecule has 1 aliphatic rings. The van der Waals surface area contributed by atoms with Gasteiger partial charge in [-0.25, -0.2) is 0 Å². The van der Waals surface area contributed by atoms with Gasteiger partial charge in [0.25, 0.3) is 0 Å². The van der Waals surface area contributed by atoms with E-state index in [1.807, 2.05) is 24.6 Å². The number of aromatic nitrogens is 2. The van der Waals surface area contributed by atoms with E-state index in [1.54, 1.807) is 0 Å². The summed E-state index contributed by atoms with van der Waals surface area (Å²) in [5.74, 6) is 1.92. The number of hydrogen-bond acceptors (Lipinski definition) is 2. The standard InChI is InChI=1S/C15H24N2O/c1-5-17-14(9-12(4)16-17)15(18)13-7-6-10(2)11(3)8-13/h9-11,13H,5-8H2,1-4H3. The molecule has 0 N–H and O–H groups in total. The zero-order valence-corrected chi connectivity index (χ0v) is 11.9. The Balaban J connectivity index is 2.16. The van der Waals surface area contributed by atoms with Crippen LogP contribution in [0.3, 0.4) is 0 Å². The molecule has 3 atom stereocenters. The van der Waals surface area contributed by atoms with Crippen LogP contribution in [0.4, 0.5) is 0 Å². The maximum atomic E-state index is 12.6. The maximum absolute atomic E-state index is 12.6. The number of ketones is 1. The Hall–Kier alpha value is -1.12. The van der Waals surface area contributed by atoms with Crippen molar-refractivity contribution in [3.63, 3.8) is 0 Å². The first-order valence-corrected chi connectivity index (χ1v) is 7.11. The highest BCUT2D eigenvalue weighted by molar-refractivity contribution is 5.96. The van der Waals surface area contributed by atoms with Crippen LogP contribution in [0.15, 0.2) is 6.07 Å². The molecule has 1 aromatic rings. The fourth-order valence-corrected chi connectivity index (χ4v) is 2.98. The summed E-state index contributed by atoms with van der Waals surface area (Å²) in [7, 11) is 0. The van der Waals surface area contributed by atoms with Gasteiger partial charge in [0.05, 0.1) is 5.69 Å². The van der Waals surface area contributed by atoms with E-state index in [1.165, 1.54) is 6.42 Å². The van der Waals surface area contributed by atoms with Crippen LogP contribution < -0.4 is 0 Å². The lowest BCUT2D eigenvalue weighted by atomic mass is 9.74. The smallest absolute Gasteiger partial charge is 0.183 e. The molecule has 2 rings (SSSR count). The second-order valence-corrected chi connectivity index (χ2v) is 5.82. The molecule has 0 saturated heterocycles. The molecule has 18 heavy (non-hydrogen) atoms. The second kappa shape index (κ2) is 5.25. The Kier molecular flexibility index (Phi) is 3.88. The van der Waals surface area contributed by atoms with E-state index >= 15 is 0 Å². The van der Waals surface area contributed by atoms with Crippen molar-refractivity contribution in [1.82, 2.24) is 9.78 Å². The van der Waals surface area contributed by atoms with Gasteiger partial charge in [0.1, 0.15) is 5.69 Å². The molecule has 1 heterocycles. The Morgan fingerprint density at radius 1 is 1.39 bits per heavy atom. The van der Waals surface area contributed by atoms with Gasteiger partial charge in [-0.15, -0.1) is 0 Å². The predicted octanol–water partition coefficient (Wildman–Crippen LogP) is 3.47. The Labute approximate surface area is 110 Å². The molecular weight excluding hydrogens is 224 g/mol. The van der Waals surface area contributed by atoms with Crippen molar-refractivity contribution in [3.8, 4) is 0 Å². The Morgan fingerprint density at radius 3 is 2.72 bits per heavy atom. The zero-order valence-electron chi connectivity index (χ0n) is 11.9. The zero-order chi connectivity index (χ0) is 13.3. The van der Waals surface area contributed by atoms with Crippen LogP contribution >= 0.6 is 0 Å². The third-order valence-corrected chi connectivity index (χ3v) is 4.42. The van der Waals surface area contributed by atoms with Gasteiger partial charge < -0.3 is 0 Å². The monoisotopic (exact) mass is 248 g/mol. The summed E-state index contributed by atoms with van der Waals surface area (Å²) < 4.78 is 1.85. The quantitative estimate of drug-likeness (QED) is 0.768. The molecule has 0 radical (unpaired) electrons. The molecule has 0 aromatic carbocycles. The molecule has 1 fully saturated rings. The first-order valence-electron chi connectivity index (χ1n) is 7.11. The van der Waals surface area contributed by atoms with Crippen molar-refractivity contribution in [1.29, 1.82) is 0 Å². The molecule has 100 valence electrons. The van der Waals surface area contributed by atoms with Crippen LogP contribution in [-0.2, 0) is 6.54 Å². The molecule has 3 nitrogen and oxygen atoms in total. The number of hydrogen-bond donors (Lipinski definition) is 0. The molecule has 1 aliphatic carbocycles. The summed E-state index contributed by atoms with van der Waals surface area (Å²) in [5.41, 5.74) is 1.75. The number of carbonyl (C=O) groups excluding carboxylic acids is 1. The summed E-state index contributed by atoms with van der Waals surface area (Å²) in [6.07, 6.45) is 3.25. The molecule has 0 amide bonds. The van der Waals surface area contributed by atoms with Gasteiger partial charge in [-0.1, -0.05) is 13.8 Å². The minimum atomic E-state index is 0.206. The molecule has 0 spiro atoms. The lowest BCUT2D eigenvalue weighted by Crippen LogP contribution is -2.27. The van der Waals surface area contributed by atoms with Crippen molar-refractivity contribution in [2.45, 2.75) is 53.5 Å². The van der Waals surface area contributed by atoms with Crippen LogP contribution in [0.1, 0.15) is 56.2 Å². The van der Waals surface area contributed by atoms with E-state index in [2.05, 4.69) is 18.9 Å². The maximum Gasteiger partial charge on any atom is 0.183 e. The minimum absolute atomic E-state index is 0.206. The van der Waals surface area contributed by atoms with Crippen LogP contribution in [0, 0.1) is 24.7 Å². The lowest BCUT2D eigenvalue weighted by Gasteiger charge is -2.31. The van der Waals surface area contributed by atoms with Gasteiger partial charge in [-0.05, 0) is 51.0 Å². The fourth-order valence-electron chi connectivity index (χ4n) is 2.98. The van der Waals surface area contributed by atoms with Crippen molar-refractivity contribution >= 4 is 5.78 Å². The molecule has 0 aliphatic heterocycles. The van der Waals surface area contributed by atoms with Gasteiger partial charge in [0.15, 0.2) is 5.78 Å². The van der Waals surface area contributed by atoms with E-state index in [0.29, 0.717) is 11.7 Å². The SMILES string of the molecule is CCn1nc(C)cc1C(=O)C1CCC(C)C(C)C1. The van der Waals surface area contributed by atoms with Crippen molar-refractivity contribution in [2.75, 3.05) is 0 Å². The minimum Gasteiger partial charge on any atom is -0.292 e. The summed E-state index contributed by atoms with van der Waals surface area (Å²) >= 11 is 0. The first kappa shape index (κ1) is 13.3. The highest BCUT2D eigenvalue weighted by atomic mass is 16.1. The van der Waals surface area contributed by atoms with Crippen LogP contribution in [-0.4, -0.2) is 15.6 Å². The molecule has 0 bridgehead atoms. The second-order valence-electron chi connectivity index (χ2n) is 5.82. The average molecular weight is 248 g/mol. The van der Waals surface area contributed by atoms with Gasteiger partial charge >= 0.3 is 0 Å². The molecule has 3 unspecified atom stereocenters. The number of rotatable bonds is 3. The fraction of sp³-hybridized carbons (Fsp3) is 0.733. The van der Waals surface area contributed by atoms with Gasteiger partial charge in [0.2, 0.25) is 0 Å². The summed E-state index contributed by atoms with van der Waals surface area (Å²) in [6, 6.07) is 1.94. The van der Waals surface area contributed by atoms with Crippen molar-refractivity contribution in [3.05, 3.63) is 17.5 Å². The van der Waals surface area contributed by atoms with Crippen molar-refractivity contribution in [2.24, 2.45) is 17.8 Å². The highest BCUT2D eigenvalue weighted by Crippen LogP contribution is 2.35. The van der Waals surface area contributed by atoms with Gasteiger partial charge in [0, 0.05) is 12.5 Å². The third-order valence-electron chi connectivity index (χ3n) is 4.42. The van der Waals surface area contributed by atoms with Crippen LogP contribution in [0.5, 0.6) is 0 Å². The van der Waals surface area contributed by atoms with Crippen molar-refractivity contribution < 1.29 is 4.79 Å². The van der Waals surface area contributed by atoms with E-state index < -0.39 is 0 Å². The topological polar surface area (TPSA) is 34.9 Å². The molecule has 3 heteroatoms. The molecule has 1 aromatic heterocycles. The Morgan fingerprint density at radius 2 is 2.11 bits per heavy atom.